The molecule has 1 heterocycles. The van der Waals surface area contributed by atoms with Gasteiger partial charge < -0.3 is 14.6 Å². The van der Waals surface area contributed by atoms with Crippen molar-refractivity contribution < 1.29 is 23.8 Å². The normalized spacial score (nSPS) is 15.6. The average Bonchev–Trinajstić information content (AvgIpc) is 2.93. The molecular formula is C22H24ClFO4. The van der Waals surface area contributed by atoms with Crippen molar-refractivity contribution in [3.8, 4) is 11.5 Å². The fourth-order valence-corrected chi connectivity index (χ4v) is 3.84. The van der Waals surface area contributed by atoms with Gasteiger partial charge >= 0.3 is 5.97 Å². The van der Waals surface area contributed by atoms with Crippen molar-refractivity contribution in [1.29, 1.82) is 0 Å². The number of aryl methyl sites for hydroxylation is 1. The molecule has 2 aromatic carbocycles. The molecule has 0 aliphatic carbocycles. The predicted octanol–water partition coefficient (Wildman–Crippen LogP) is 5.52. The van der Waals surface area contributed by atoms with Crippen LogP contribution in [0, 0.1) is 5.82 Å². The van der Waals surface area contributed by atoms with E-state index in [1.807, 2.05) is 26.8 Å². The molecule has 28 heavy (non-hydrogen) atoms. The molecule has 3 rings (SSSR count). The number of hydrogen-bond acceptors (Lipinski definition) is 3. The van der Waals surface area contributed by atoms with Gasteiger partial charge in [-0.15, -0.1) is 0 Å². The number of carboxylic acid groups (broad SMARTS) is 1. The Hall–Kier alpha value is -2.27. The van der Waals surface area contributed by atoms with E-state index in [1.165, 1.54) is 6.07 Å². The summed E-state index contributed by atoms with van der Waals surface area (Å²) in [6.45, 7) is 7.55. The van der Waals surface area contributed by atoms with Crippen LogP contribution in [0.3, 0.4) is 0 Å². The molecule has 0 amide bonds. The average molecular weight is 407 g/mol. The summed E-state index contributed by atoms with van der Waals surface area (Å²) in [5.41, 5.74) is 2.66. The van der Waals surface area contributed by atoms with Gasteiger partial charge in [-0.3, -0.25) is 4.79 Å². The lowest BCUT2D eigenvalue weighted by molar-refractivity contribution is -0.138. The zero-order chi connectivity index (χ0) is 20.6. The van der Waals surface area contributed by atoms with Crippen molar-refractivity contribution in [2.75, 3.05) is 0 Å². The second-order valence-electron chi connectivity index (χ2n) is 7.78. The first-order valence-electron chi connectivity index (χ1n) is 9.29. The maximum atomic E-state index is 14.6. The van der Waals surface area contributed by atoms with E-state index in [0.29, 0.717) is 17.0 Å². The van der Waals surface area contributed by atoms with Gasteiger partial charge in [0, 0.05) is 17.0 Å². The largest absolute Gasteiger partial charge is 0.487 e. The lowest BCUT2D eigenvalue weighted by atomic mass is 9.94. The molecule has 4 nitrogen and oxygen atoms in total. The van der Waals surface area contributed by atoms with Gasteiger partial charge in [0.1, 0.15) is 18.0 Å². The second-order valence-corrected chi connectivity index (χ2v) is 8.21. The Bertz CT molecular complexity index is 923. The van der Waals surface area contributed by atoms with Gasteiger partial charge in [0.25, 0.3) is 0 Å². The number of halogens is 2. The van der Waals surface area contributed by atoms with Crippen LogP contribution >= 0.6 is 11.6 Å². The highest BCUT2D eigenvalue weighted by Gasteiger charge is 2.32. The molecule has 0 saturated heterocycles. The van der Waals surface area contributed by atoms with E-state index in [0.717, 1.165) is 28.9 Å². The van der Waals surface area contributed by atoms with Gasteiger partial charge in [0.15, 0.2) is 11.6 Å². The molecular weight excluding hydrogens is 383 g/mol. The third-order valence-corrected chi connectivity index (χ3v) is 5.22. The molecule has 0 spiro atoms. The third-order valence-electron chi connectivity index (χ3n) is 5.00. The van der Waals surface area contributed by atoms with E-state index in [4.69, 9.17) is 21.1 Å². The summed E-state index contributed by atoms with van der Waals surface area (Å²) in [5, 5.41) is 9.83. The summed E-state index contributed by atoms with van der Waals surface area (Å²) < 4.78 is 26.4. The summed E-state index contributed by atoms with van der Waals surface area (Å²) in [6, 6.07) is 6.49. The van der Waals surface area contributed by atoms with Crippen LogP contribution < -0.4 is 9.47 Å². The number of fused-ring (bicyclic) bond motifs is 1. The number of aliphatic carboxylic acids is 1. The van der Waals surface area contributed by atoms with Crippen molar-refractivity contribution in [3.05, 3.63) is 57.4 Å². The van der Waals surface area contributed by atoms with Crippen LogP contribution in [0.1, 0.15) is 55.9 Å². The molecule has 2 aromatic rings. The molecule has 0 bridgehead atoms. The van der Waals surface area contributed by atoms with Gasteiger partial charge in [0.05, 0.1) is 5.92 Å². The van der Waals surface area contributed by atoms with Crippen molar-refractivity contribution in [2.45, 2.75) is 58.7 Å². The number of rotatable bonds is 6. The summed E-state index contributed by atoms with van der Waals surface area (Å²) in [6.07, 6.45) is 1.32. The zero-order valence-corrected chi connectivity index (χ0v) is 17.2. The number of carboxylic acids is 1. The van der Waals surface area contributed by atoms with Gasteiger partial charge in [0.2, 0.25) is 0 Å². The van der Waals surface area contributed by atoms with Crippen molar-refractivity contribution in [2.24, 2.45) is 0 Å². The molecule has 150 valence electrons. The molecule has 1 unspecified atom stereocenters. The molecule has 0 fully saturated rings. The van der Waals surface area contributed by atoms with E-state index < -0.39 is 17.7 Å². The van der Waals surface area contributed by atoms with Crippen molar-refractivity contribution >= 4 is 17.6 Å². The Morgan fingerprint density at radius 1 is 1.32 bits per heavy atom. The highest BCUT2D eigenvalue weighted by Crippen LogP contribution is 2.40. The highest BCUT2D eigenvalue weighted by atomic mass is 35.5. The van der Waals surface area contributed by atoms with E-state index in [9.17, 15) is 14.3 Å². The monoisotopic (exact) mass is 406 g/mol. The fraction of sp³-hybridized carbons (Fsp3) is 0.409. The lowest BCUT2D eigenvalue weighted by Gasteiger charge is -2.19. The van der Waals surface area contributed by atoms with Crippen molar-refractivity contribution in [3.63, 3.8) is 0 Å². The number of ether oxygens (including phenoxy) is 2. The third kappa shape index (κ3) is 4.09. The Kier molecular flexibility index (Phi) is 5.57. The standard InChI is InChI=1S/C22H24ClFO4/c1-5-13-8-19(18(24)9-17(13)12(2)21(25)26)27-11-15-7-16(23)6-14-10-22(3,4)28-20(14)15/h6-9,12H,5,10-11H2,1-4H3,(H,25,26). The van der Waals surface area contributed by atoms with E-state index in [-0.39, 0.29) is 18.0 Å². The summed E-state index contributed by atoms with van der Waals surface area (Å²) in [4.78, 5) is 11.3. The summed E-state index contributed by atoms with van der Waals surface area (Å²) in [7, 11) is 0. The fourth-order valence-electron chi connectivity index (χ4n) is 3.57. The lowest BCUT2D eigenvalue weighted by Crippen LogP contribution is -2.25. The van der Waals surface area contributed by atoms with Crippen LogP contribution in [0.5, 0.6) is 11.5 Å². The first kappa shape index (κ1) is 20.5. The topological polar surface area (TPSA) is 55.8 Å². The minimum absolute atomic E-state index is 0.0872. The van der Waals surface area contributed by atoms with Crippen LogP contribution in [0.2, 0.25) is 5.02 Å². The quantitative estimate of drug-likeness (QED) is 0.686. The smallest absolute Gasteiger partial charge is 0.310 e. The molecule has 1 aliphatic heterocycles. The summed E-state index contributed by atoms with van der Waals surface area (Å²) in [5.74, 6) is -1.53. The van der Waals surface area contributed by atoms with Gasteiger partial charge in [-0.05, 0) is 68.1 Å². The molecule has 0 saturated carbocycles. The number of benzene rings is 2. The molecule has 1 N–H and O–H groups in total. The van der Waals surface area contributed by atoms with Crippen LogP contribution in [0.4, 0.5) is 4.39 Å². The highest BCUT2D eigenvalue weighted by molar-refractivity contribution is 6.30. The SMILES string of the molecule is CCc1cc(OCc2cc(Cl)cc3c2OC(C)(C)C3)c(F)cc1C(C)C(=O)O. The van der Waals surface area contributed by atoms with E-state index >= 15 is 0 Å². The van der Waals surface area contributed by atoms with Gasteiger partial charge in [-0.1, -0.05) is 18.5 Å². The Morgan fingerprint density at radius 3 is 2.68 bits per heavy atom. The maximum Gasteiger partial charge on any atom is 0.310 e. The molecule has 6 heteroatoms. The van der Waals surface area contributed by atoms with Crippen LogP contribution in [-0.2, 0) is 24.2 Å². The van der Waals surface area contributed by atoms with Gasteiger partial charge in [-0.25, -0.2) is 4.39 Å². The van der Waals surface area contributed by atoms with Crippen LogP contribution in [-0.4, -0.2) is 16.7 Å². The van der Waals surface area contributed by atoms with Crippen LogP contribution in [0.15, 0.2) is 24.3 Å². The van der Waals surface area contributed by atoms with Crippen LogP contribution in [0.25, 0.3) is 0 Å². The Balaban J connectivity index is 1.88. The van der Waals surface area contributed by atoms with E-state index in [1.54, 1.807) is 19.1 Å². The first-order chi connectivity index (χ1) is 13.1. The minimum Gasteiger partial charge on any atom is -0.487 e. The molecule has 1 aliphatic rings. The number of carbonyl (C=O) groups is 1. The predicted molar refractivity (Wildman–Crippen MR) is 106 cm³/mol. The Morgan fingerprint density at radius 2 is 2.04 bits per heavy atom. The van der Waals surface area contributed by atoms with E-state index in [2.05, 4.69) is 0 Å². The summed E-state index contributed by atoms with van der Waals surface area (Å²) >= 11 is 6.23. The zero-order valence-electron chi connectivity index (χ0n) is 16.4. The molecule has 1 atom stereocenters. The molecule has 0 radical (unpaired) electrons. The Labute approximate surface area is 169 Å². The first-order valence-corrected chi connectivity index (χ1v) is 9.67. The van der Waals surface area contributed by atoms with Crippen molar-refractivity contribution in [1.82, 2.24) is 0 Å². The number of hydrogen-bond donors (Lipinski definition) is 1. The minimum atomic E-state index is -0.989. The second kappa shape index (κ2) is 7.63. The molecule has 0 aromatic heterocycles. The maximum absolute atomic E-state index is 14.6. The van der Waals surface area contributed by atoms with Gasteiger partial charge in [-0.2, -0.15) is 0 Å².